The summed E-state index contributed by atoms with van der Waals surface area (Å²) in [6.45, 7) is 2.82. The summed E-state index contributed by atoms with van der Waals surface area (Å²) in [5.74, 6) is -0.125. The van der Waals surface area contributed by atoms with Crippen LogP contribution in [0, 0.1) is 5.82 Å². The fraction of sp³-hybridized carbons (Fsp3) is 0.538. The molecule has 1 saturated heterocycles. The second-order valence-corrected chi connectivity index (χ2v) is 5.55. The molecule has 1 fully saturated rings. The first-order chi connectivity index (χ1) is 8.16. The molecule has 0 aromatic heterocycles. The molecule has 2 rings (SSSR count). The first kappa shape index (κ1) is 13.0. The molecule has 0 radical (unpaired) electrons. The van der Waals surface area contributed by atoms with Crippen LogP contribution in [0.2, 0.25) is 0 Å². The minimum atomic E-state index is -0.125. The highest BCUT2D eigenvalue weighted by molar-refractivity contribution is 9.10. The minimum Gasteiger partial charge on any atom is -0.317 e. The van der Waals surface area contributed by atoms with E-state index in [9.17, 15) is 4.39 Å². The Balaban J connectivity index is 1.99. The van der Waals surface area contributed by atoms with Crippen LogP contribution in [-0.2, 0) is 6.54 Å². The summed E-state index contributed by atoms with van der Waals surface area (Å²) in [5.41, 5.74) is 0.772. The average Bonchev–Trinajstić information content (AvgIpc) is 2.34. The zero-order valence-corrected chi connectivity index (χ0v) is 11.6. The highest BCUT2D eigenvalue weighted by atomic mass is 79.9. The smallest absolute Gasteiger partial charge is 0.128 e. The molecule has 0 unspecified atom stereocenters. The molecular weight excluding hydrogens is 283 g/mol. The van der Waals surface area contributed by atoms with Gasteiger partial charge in [-0.2, -0.15) is 0 Å². The predicted octanol–water partition coefficient (Wildman–Crippen LogP) is 2.77. The van der Waals surface area contributed by atoms with Crippen LogP contribution in [0.1, 0.15) is 18.4 Å². The van der Waals surface area contributed by atoms with Gasteiger partial charge in [-0.05, 0) is 45.1 Å². The maximum atomic E-state index is 13.7. The van der Waals surface area contributed by atoms with Crippen LogP contribution >= 0.6 is 15.9 Å². The fourth-order valence-electron chi connectivity index (χ4n) is 2.30. The Morgan fingerprint density at radius 1 is 1.41 bits per heavy atom. The van der Waals surface area contributed by atoms with E-state index in [1.165, 1.54) is 6.07 Å². The van der Waals surface area contributed by atoms with Gasteiger partial charge in [0.2, 0.25) is 0 Å². The van der Waals surface area contributed by atoms with Crippen LogP contribution in [0.3, 0.4) is 0 Å². The van der Waals surface area contributed by atoms with Gasteiger partial charge in [-0.25, -0.2) is 4.39 Å². The van der Waals surface area contributed by atoms with E-state index >= 15 is 0 Å². The number of benzene rings is 1. The second kappa shape index (κ2) is 5.94. The summed E-state index contributed by atoms with van der Waals surface area (Å²) in [7, 11) is 2.08. The molecule has 1 N–H and O–H groups in total. The second-order valence-electron chi connectivity index (χ2n) is 4.63. The Morgan fingerprint density at radius 2 is 2.12 bits per heavy atom. The first-order valence-electron chi connectivity index (χ1n) is 6.01. The Labute approximate surface area is 110 Å². The van der Waals surface area contributed by atoms with Crippen molar-refractivity contribution in [2.24, 2.45) is 0 Å². The van der Waals surface area contributed by atoms with Crippen LogP contribution in [0.4, 0.5) is 4.39 Å². The lowest BCUT2D eigenvalue weighted by Gasteiger charge is -2.31. The normalized spacial score (nSPS) is 17.6. The van der Waals surface area contributed by atoms with Gasteiger partial charge in [0.1, 0.15) is 5.82 Å². The Kier molecular flexibility index (Phi) is 4.54. The largest absolute Gasteiger partial charge is 0.317 e. The third kappa shape index (κ3) is 3.50. The molecule has 2 nitrogen and oxygen atoms in total. The average molecular weight is 301 g/mol. The zero-order chi connectivity index (χ0) is 12.3. The van der Waals surface area contributed by atoms with Crippen LogP contribution < -0.4 is 5.32 Å². The quantitative estimate of drug-likeness (QED) is 0.923. The Hall–Kier alpha value is -0.450. The van der Waals surface area contributed by atoms with E-state index in [4.69, 9.17) is 0 Å². The topological polar surface area (TPSA) is 15.3 Å². The van der Waals surface area contributed by atoms with E-state index in [1.54, 1.807) is 0 Å². The van der Waals surface area contributed by atoms with E-state index in [2.05, 4.69) is 33.2 Å². The zero-order valence-electron chi connectivity index (χ0n) is 10.0. The van der Waals surface area contributed by atoms with Crippen molar-refractivity contribution in [2.45, 2.75) is 25.4 Å². The number of nitrogens with zero attached hydrogens (tertiary/aromatic N) is 1. The summed E-state index contributed by atoms with van der Waals surface area (Å²) < 4.78 is 14.5. The molecule has 0 bridgehead atoms. The van der Waals surface area contributed by atoms with Crippen LogP contribution in [0.25, 0.3) is 0 Å². The van der Waals surface area contributed by atoms with E-state index < -0.39 is 0 Å². The molecule has 0 spiro atoms. The van der Waals surface area contributed by atoms with Crippen LogP contribution in [0.15, 0.2) is 22.7 Å². The summed E-state index contributed by atoms with van der Waals surface area (Å²) in [6.07, 6.45) is 2.29. The molecule has 4 heteroatoms. The highest BCUT2D eigenvalue weighted by Crippen LogP contribution is 2.19. The summed E-state index contributed by atoms with van der Waals surface area (Å²) in [6, 6.07) is 5.86. The lowest BCUT2D eigenvalue weighted by molar-refractivity contribution is 0.190. The van der Waals surface area contributed by atoms with E-state index in [0.29, 0.717) is 12.6 Å². The molecule has 94 valence electrons. The van der Waals surface area contributed by atoms with Crippen molar-refractivity contribution in [3.8, 4) is 0 Å². The van der Waals surface area contributed by atoms with E-state index in [-0.39, 0.29) is 5.82 Å². The number of piperidine rings is 1. The van der Waals surface area contributed by atoms with Gasteiger partial charge in [0.15, 0.2) is 0 Å². The van der Waals surface area contributed by atoms with Crippen molar-refractivity contribution >= 4 is 15.9 Å². The van der Waals surface area contributed by atoms with Crippen LogP contribution in [-0.4, -0.2) is 31.1 Å². The molecule has 17 heavy (non-hydrogen) atoms. The van der Waals surface area contributed by atoms with Gasteiger partial charge in [-0.15, -0.1) is 0 Å². The predicted molar refractivity (Wildman–Crippen MR) is 71.5 cm³/mol. The lowest BCUT2D eigenvalue weighted by atomic mass is 10.0. The molecule has 0 aliphatic carbocycles. The van der Waals surface area contributed by atoms with Gasteiger partial charge in [0.05, 0.1) is 0 Å². The Morgan fingerprint density at radius 3 is 2.76 bits per heavy atom. The first-order valence-corrected chi connectivity index (χ1v) is 6.81. The third-order valence-corrected chi connectivity index (χ3v) is 3.86. The van der Waals surface area contributed by atoms with Gasteiger partial charge < -0.3 is 5.32 Å². The molecule has 1 aliphatic heterocycles. The summed E-state index contributed by atoms with van der Waals surface area (Å²) >= 11 is 3.28. The maximum absolute atomic E-state index is 13.7. The molecule has 0 atom stereocenters. The van der Waals surface area contributed by atoms with Gasteiger partial charge >= 0.3 is 0 Å². The third-order valence-electron chi connectivity index (χ3n) is 3.37. The molecule has 1 aromatic carbocycles. The van der Waals surface area contributed by atoms with Crippen molar-refractivity contribution in [1.82, 2.24) is 10.2 Å². The molecule has 0 amide bonds. The lowest BCUT2D eigenvalue weighted by Crippen LogP contribution is -2.40. The standard InChI is InChI=1S/C13H18BrFN2/c1-17(12-4-6-16-7-5-12)9-10-2-3-11(14)8-13(10)15/h2-3,8,12,16H,4-7,9H2,1H3. The van der Waals surface area contributed by atoms with E-state index in [0.717, 1.165) is 36.0 Å². The molecule has 1 aromatic rings. The van der Waals surface area contributed by atoms with Crippen molar-refractivity contribution < 1.29 is 4.39 Å². The summed E-state index contributed by atoms with van der Waals surface area (Å²) in [4.78, 5) is 2.26. The molecule has 1 heterocycles. The number of halogens is 2. The number of hydrogen-bond acceptors (Lipinski definition) is 2. The molecule has 0 saturated carbocycles. The fourth-order valence-corrected chi connectivity index (χ4v) is 2.63. The molecule has 1 aliphatic rings. The van der Waals surface area contributed by atoms with E-state index in [1.807, 2.05) is 12.1 Å². The van der Waals surface area contributed by atoms with Gasteiger partial charge in [-0.1, -0.05) is 22.0 Å². The molecular formula is C13H18BrFN2. The highest BCUT2D eigenvalue weighted by Gasteiger charge is 2.18. The van der Waals surface area contributed by atoms with Crippen molar-refractivity contribution in [3.63, 3.8) is 0 Å². The van der Waals surface area contributed by atoms with Gasteiger partial charge in [0.25, 0.3) is 0 Å². The van der Waals surface area contributed by atoms with Gasteiger partial charge in [0, 0.05) is 22.6 Å². The number of hydrogen-bond donors (Lipinski definition) is 1. The maximum Gasteiger partial charge on any atom is 0.128 e. The SMILES string of the molecule is CN(Cc1ccc(Br)cc1F)C1CCNCC1. The van der Waals surface area contributed by atoms with Crippen molar-refractivity contribution in [1.29, 1.82) is 0 Å². The van der Waals surface area contributed by atoms with Crippen LogP contribution in [0.5, 0.6) is 0 Å². The number of nitrogens with one attached hydrogen (secondary N) is 1. The van der Waals surface area contributed by atoms with Crippen molar-refractivity contribution in [2.75, 3.05) is 20.1 Å². The monoisotopic (exact) mass is 300 g/mol. The Bertz CT molecular complexity index is 378. The van der Waals surface area contributed by atoms with Crippen molar-refractivity contribution in [3.05, 3.63) is 34.1 Å². The number of rotatable bonds is 3. The van der Waals surface area contributed by atoms with Gasteiger partial charge in [-0.3, -0.25) is 4.90 Å². The minimum absolute atomic E-state index is 0.125. The summed E-state index contributed by atoms with van der Waals surface area (Å²) in [5, 5.41) is 3.35.